The van der Waals surface area contributed by atoms with Crippen molar-refractivity contribution in [1.82, 2.24) is 4.90 Å². The van der Waals surface area contributed by atoms with Crippen molar-refractivity contribution in [3.8, 4) is 23.0 Å². The molecule has 0 bridgehead atoms. The molecule has 5 nitrogen and oxygen atoms in total. The van der Waals surface area contributed by atoms with Crippen LogP contribution in [0.5, 0.6) is 23.0 Å². The van der Waals surface area contributed by atoms with Gasteiger partial charge in [-0.3, -0.25) is 4.90 Å². The monoisotopic (exact) mass is 381 g/mol. The van der Waals surface area contributed by atoms with E-state index in [0.29, 0.717) is 0 Å². The third-order valence-electron chi connectivity index (χ3n) is 6.71. The lowest BCUT2D eigenvalue weighted by Crippen LogP contribution is -2.57. The van der Waals surface area contributed by atoms with E-state index in [9.17, 15) is 0 Å². The van der Waals surface area contributed by atoms with E-state index in [2.05, 4.69) is 36.9 Å². The number of nitrogens with zero attached hydrogens (tertiary/aromatic N) is 1. The van der Waals surface area contributed by atoms with Gasteiger partial charge in [-0.1, -0.05) is 19.1 Å². The highest BCUT2D eigenvalue weighted by molar-refractivity contribution is 5.56. The number of hydrogen-bond donors (Lipinski definition) is 0. The highest BCUT2D eigenvalue weighted by Gasteiger charge is 2.49. The average Bonchev–Trinajstić information content (AvgIpc) is 3.40. The Labute approximate surface area is 166 Å². The third-order valence-corrected chi connectivity index (χ3v) is 6.71. The minimum Gasteiger partial charge on any atom is -0.497 e. The summed E-state index contributed by atoms with van der Waals surface area (Å²) < 4.78 is 23.4. The van der Waals surface area contributed by atoms with Crippen LogP contribution in [0.15, 0.2) is 36.4 Å². The predicted octanol–water partition coefficient (Wildman–Crippen LogP) is 4.40. The number of methoxy groups -OCH3 is 1. The molecule has 5 heteroatoms. The fourth-order valence-corrected chi connectivity index (χ4v) is 4.96. The Morgan fingerprint density at radius 2 is 1.68 bits per heavy atom. The Morgan fingerprint density at radius 3 is 2.36 bits per heavy atom. The van der Waals surface area contributed by atoms with Gasteiger partial charge in [0.25, 0.3) is 0 Å². The standard InChI is InChI=1S/C23H27NO4/c1-15-22(16-6-8-17(25-3)9-7-16)18-12-20-21(27-14-26-20)13-19(18)28-23(15,2)24-10-4-5-11-24/h6-9,12-13,15,22H,4-5,10-11,14H2,1-3H3/t15-,22+,23-/m1/s1. The van der Waals surface area contributed by atoms with E-state index in [1.807, 2.05) is 18.2 Å². The van der Waals surface area contributed by atoms with E-state index in [4.69, 9.17) is 18.9 Å². The SMILES string of the molecule is COc1ccc([C@H]2c3cc4c(cc3O[C@@](C)(N3CCCC3)[C@@H]2C)OCO4)cc1. The summed E-state index contributed by atoms with van der Waals surface area (Å²) in [4.78, 5) is 2.50. The molecule has 28 heavy (non-hydrogen) atoms. The van der Waals surface area contributed by atoms with Gasteiger partial charge in [-0.15, -0.1) is 0 Å². The van der Waals surface area contributed by atoms with Crippen LogP contribution < -0.4 is 18.9 Å². The molecule has 3 aliphatic rings. The van der Waals surface area contributed by atoms with Crippen LogP contribution in [0.4, 0.5) is 0 Å². The zero-order chi connectivity index (χ0) is 19.3. The molecular formula is C23H27NO4. The molecule has 3 aliphatic heterocycles. The van der Waals surface area contributed by atoms with Crippen LogP contribution in [-0.4, -0.2) is 37.6 Å². The summed E-state index contributed by atoms with van der Waals surface area (Å²) in [6, 6.07) is 12.5. The van der Waals surface area contributed by atoms with Gasteiger partial charge in [-0.25, -0.2) is 0 Å². The molecule has 0 spiro atoms. The number of ether oxygens (including phenoxy) is 4. The molecule has 3 heterocycles. The Kier molecular flexibility index (Phi) is 4.16. The summed E-state index contributed by atoms with van der Waals surface area (Å²) in [7, 11) is 1.70. The van der Waals surface area contributed by atoms with E-state index < -0.39 is 0 Å². The lowest BCUT2D eigenvalue weighted by Gasteiger charge is -2.50. The summed E-state index contributed by atoms with van der Waals surface area (Å²) >= 11 is 0. The molecule has 5 rings (SSSR count). The van der Waals surface area contributed by atoms with Gasteiger partial charge in [-0.2, -0.15) is 0 Å². The van der Waals surface area contributed by atoms with Crippen molar-refractivity contribution >= 4 is 0 Å². The predicted molar refractivity (Wildman–Crippen MR) is 106 cm³/mol. The number of rotatable bonds is 3. The highest BCUT2D eigenvalue weighted by atomic mass is 16.7. The zero-order valence-electron chi connectivity index (χ0n) is 16.7. The number of hydrogen-bond acceptors (Lipinski definition) is 5. The van der Waals surface area contributed by atoms with Gasteiger partial charge in [-0.05, 0) is 43.5 Å². The Bertz CT molecular complexity index is 875. The van der Waals surface area contributed by atoms with E-state index in [-0.39, 0.29) is 24.4 Å². The fourth-order valence-electron chi connectivity index (χ4n) is 4.96. The molecule has 2 aromatic carbocycles. The van der Waals surface area contributed by atoms with Gasteiger partial charge >= 0.3 is 0 Å². The van der Waals surface area contributed by atoms with Gasteiger partial charge in [0.2, 0.25) is 6.79 Å². The van der Waals surface area contributed by atoms with Gasteiger partial charge in [0.05, 0.1) is 7.11 Å². The molecule has 0 unspecified atom stereocenters. The summed E-state index contributed by atoms with van der Waals surface area (Å²) in [5.74, 6) is 3.82. The molecule has 1 saturated heterocycles. The Balaban J connectivity index is 1.64. The van der Waals surface area contributed by atoms with Crippen molar-refractivity contribution in [2.24, 2.45) is 5.92 Å². The van der Waals surface area contributed by atoms with Gasteiger partial charge in [0.1, 0.15) is 11.5 Å². The van der Waals surface area contributed by atoms with Gasteiger partial charge in [0, 0.05) is 36.6 Å². The molecule has 2 aromatic rings. The van der Waals surface area contributed by atoms with Crippen molar-refractivity contribution in [2.75, 3.05) is 27.0 Å². The minimum atomic E-state index is -0.359. The normalized spacial score (nSPS) is 28.7. The molecule has 0 N–H and O–H groups in total. The summed E-state index contributed by atoms with van der Waals surface area (Å²) in [6.07, 6.45) is 2.46. The minimum absolute atomic E-state index is 0.203. The summed E-state index contributed by atoms with van der Waals surface area (Å²) in [6.45, 7) is 6.98. The second kappa shape index (κ2) is 6.59. The fraction of sp³-hybridized carbons (Fsp3) is 0.478. The van der Waals surface area contributed by atoms with Crippen LogP contribution >= 0.6 is 0 Å². The number of fused-ring (bicyclic) bond motifs is 2. The van der Waals surface area contributed by atoms with Crippen molar-refractivity contribution in [2.45, 2.75) is 38.3 Å². The second-order valence-electron chi connectivity index (χ2n) is 8.13. The Morgan fingerprint density at radius 1 is 1.00 bits per heavy atom. The smallest absolute Gasteiger partial charge is 0.231 e. The number of likely N-dealkylation sites (tertiary alicyclic amines) is 1. The molecule has 0 saturated carbocycles. The molecule has 0 amide bonds. The topological polar surface area (TPSA) is 40.2 Å². The van der Waals surface area contributed by atoms with Crippen molar-refractivity contribution < 1.29 is 18.9 Å². The van der Waals surface area contributed by atoms with Crippen LogP contribution in [0.2, 0.25) is 0 Å². The summed E-state index contributed by atoms with van der Waals surface area (Å²) in [5.41, 5.74) is 2.07. The second-order valence-corrected chi connectivity index (χ2v) is 8.13. The Hall–Kier alpha value is -2.40. The van der Waals surface area contributed by atoms with Crippen molar-refractivity contribution in [1.29, 1.82) is 0 Å². The lowest BCUT2D eigenvalue weighted by atomic mass is 9.74. The zero-order valence-corrected chi connectivity index (χ0v) is 16.7. The van der Waals surface area contributed by atoms with Gasteiger partial charge < -0.3 is 18.9 Å². The molecular weight excluding hydrogens is 354 g/mol. The molecule has 1 fully saturated rings. The first kappa shape index (κ1) is 17.7. The first-order chi connectivity index (χ1) is 13.6. The first-order valence-corrected chi connectivity index (χ1v) is 10.1. The maximum Gasteiger partial charge on any atom is 0.231 e. The molecule has 148 valence electrons. The highest BCUT2D eigenvalue weighted by Crippen LogP contribution is 2.53. The third kappa shape index (κ3) is 2.64. The van der Waals surface area contributed by atoms with Crippen molar-refractivity contribution in [3.05, 3.63) is 47.5 Å². The van der Waals surface area contributed by atoms with Crippen LogP contribution in [0.3, 0.4) is 0 Å². The average molecular weight is 381 g/mol. The van der Waals surface area contributed by atoms with Crippen LogP contribution in [-0.2, 0) is 0 Å². The van der Waals surface area contributed by atoms with E-state index in [0.717, 1.165) is 36.1 Å². The molecule has 3 atom stereocenters. The van der Waals surface area contributed by atoms with Crippen LogP contribution in [0, 0.1) is 5.92 Å². The lowest BCUT2D eigenvalue weighted by molar-refractivity contribution is -0.114. The molecule has 0 aromatic heterocycles. The van der Waals surface area contributed by atoms with E-state index in [1.165, 1.54) is 24.0 Å². The van der Waals surface area contributed by atoms with Crippen LogP contribution in [0.1, 0.15) is 43.7 Å². The maximum absolute atomic E-state index is 6.70. The quantitative estimate of drug-likeness (QED) is 0.788. The van der Waals surface area contributed by atoms with Crippen molar-refractivity contribution in [3.63, 3.8) is 0 Å². The summed E-state index contributed by atoms with van der Waals surface area (Å²) in [5, 5.41) is 0. The van der Waals surface area contributed by atoms with E-state index >= 15 is 0 Å². The molecule has 0 radical (unpaired) electrons. The first-order valence-electron chi connectivity index (χ1n) is 10.1. The van der Waals surface area contributed by atoms with Crippen LogP contribution in [0.25, 0.3) is 0 Å². The van der Waals surface area contributed by atoms with E-state index in [1.54, 1.807) is 7.11 Å². The van der Waals surface area contributed by atoms with Gasteiger partial charge in [0.15, 0.2) is 17.2 Å². The molecule has 0 aliphatic carbocycles. The largest absolute Gasteiger partial charge is 0.497 e. The maximum atomic E-state index is 6.70. The number of benzene rings is 2.